The van der Waals surface area contributed by atoms with E-state index in [-0.39, 0.29) is 23.2 Å². The molecule has 1 saturated carbocycles. The number of benzene rings is 2. The lowest BCUT2D eigenvalue weighted by Gasteiger charge is -2.60. The molecular formula is C26H31FN2O2. The third kappa shape index (κ3) is 3.53. The van der Waals surface area contributed by atoms with Crippen molar-refractivity contribution >= 4 is 5.91 Å². The Hall–Kier alpha value is -2.40. The zero-order valence-electron chi connectivity index (χ0n) is 18.1. The molecule has 2 aromatic rings. The minimum absolute atomic E-state index is 0.169. The SMILES string of the molecule is C[C@H](C(N)=O)N1CC[C@@]23CCCC[C@@H]2[C@@H]1Cc1ccc(OCc2cccc(F)c2)cc13. The van der Waals surface area contributed by atoms with Gasteiger partial charge in [-0.05, 0) is 79.5 Å². The van der Waals surface area contributed by atoms with Gasteiger partial charge in [-0.1, -0.05) is 31.0 Å². The zero-order chi connectivity index (χ0) is 21.6. The van der Waals surface area contributed by atoms with Gasteiger partial charge < -0.3 is 10.5 Å². The molecule has 5 rings (SSSR count). The maximum Gasteiger partial charge on any atom is 0.234 e. The lowest BCUT2D eigenvalue weighted by molar-refractivity contribution is -0.127. The van der Waals surface area contributed by atoms with E-state index in [0.29, 0.717) is 18.6 Å². The molecule has 2 bridgehead atoms. The van der Waals surface area contributed by atoms with Crippen molar-refractivity contribution in [2.75, 3.05) is 6.54 Å². The molecule has 2 fully saturated rings. The predicted molar refractivity (Wildman–Crippen MR) is 118 cm³/mol. The smallest absolute Gasteiger partial charge is 0.234 e. The van der Waals surface area contributed by atoms with Crippen LogP contribution < -0.4 is 10.5 Å². The second-order valence-electron chi connectivity index (χ2n) is 9.58. The van der Waals surface area contributed by atoms with Crippen molar-refractivity contribution in [1.82, 2.24) is 4.90 Å². The second-order valence-corrected chi connectivity index (χ2v) is 9.58. The molecule has 164 valence electrons. The first-order valence-electron chi connectivity index (χ1n) is 11.5. The summed E-state index contributed by atoms with van der Waals surface area (Å²) in [6.45, 7) is 3.23. The van der Waals surface area contributed by atoms with Crippen molar-refractivity contribution in [2.24, 2.45) is 11.7 Å². The third-order valence-corrected chi connectivity index (χ3v) is 8.05. The molecule has 0 spiro atoms. The number of likely N-dealkylation sites (tertiary alicyclic amines) is 1. The summed E-state index contributed by atoms with van der Waals surface area (Å²) in [5, 5.41) is 0. The van der Waals surface area contributed by atoms with Crippen LogP contribution in [-0.4, -0.2) is 29.4 Å². The Labute approximate surface area is 183 Å². The van der Waals surface area contributed by atoms with E-state index in [2.05, 4.69) is 17.0 Å². The van der Waals surface area contributed by atoms with Crippen LogP contribution in [0.5, 0.6) is 5.75 Å². The van der Waals surface area contributed by atoms with Crippen LogP contribution >= 0.6 is 0 Å². The molecule has 2 N–H and O–H groups in total. The minimum Gasteiger partial charge on any atom is -0.489 e. The fraction of sp³-hybridized carbons (Fsp3) is 0.500. The number of amides is 1. The van der Waals surface area contributed by atoms with E-state index >= 15 is 0 Å². The first-order chi connectivity index (χ1) is 15.0. The Morgan fingerprint density at radius 3 is 2.94 bits per heavy atom. The highest BCUT2D eigenvalue weighted by Gasteiger charge is 2.54. The van der Waals surface area contributed by atoms with Gasteiger partial charge in [-0.25, -0.2) is 4.39 Å². The predicted octanol–water partition coefficient (Wildman–Crippen LogP) is 4.34. The van der Waals surface area contributed by atoms with Gasteiger partial charge in [0.05, 0.1) is 6.04 Å². The number of nitrogens with two attached hydrogens (primary N) is 1. The van der Waals surface area contributed by atoms with Crippen molar-refractivity contribution < 1.29 is 13.9 Å². The molecule has 31 heavy (non-hydrogen) atoms. The van der Waals surface area contributed by atoms with Crippen molar-refractivity contribution in [2.45, 2.75) is 69.6 Å². The third-order valence-electron chi connectivity index (χ3n) is 8.05. The van der Waals surface area contributed by atoms with E-state index in [9.17, 15) is 9.18 Å². The molecule has 0 aromatic heterocycles. The fourth-order valence-corrected chi connectivity index (χ4v) is 6.54. The Bertz CT molecular complexity index is 993. The molecule has 3 aliphatic rings. The number of primary amides is 1. The molecule has 2 aliphatic carbocycles. The number of fused-ring (bicyclic) bond motifs is 1. The second kappa shape index (κ2) is 7.94. The first-order valence-corrected chi connectivity index (χ1v) is 11.5. The molecule has 5 heteroatoms. The van der Waals surface area contributed by atoms with E-state index in [1.807, 2.05) is 19.1 Å². The standard InChI is InChI=1S/C26H31FN2O2/c1-17(25(28)30)29-12-11-26-10-3-2-7-22(26)24(29)14-19-8-9-21(15-23(19)26)31-16-18-5-4-6-20(27)13-18/h4-6,8-9,13,15,17,22,24H,2-3,7,10-12,14,16H2,1H3,(H2,28,30)/t17-,22-,24+,26+/m1/s1. The molecular weight excluding hydrogens is 391 g/mol. The molecule has 1 aliphatic heterocycles. The summed E-state index contributed by atoms with van der Waals surface area (Å²) < 4.78 is 19.6. The monoisotopic (exact) mass is 422 g/mol. The summed E-state index contributed by atoms with van der Waals surface area (Å²) in [6.07, 6.45) is 6.94. The number of ether oxygens (including phenoxy) is 1. The molecule has 0 radical (unpaired) electrons. The van der Waals surface area contributed by atoms with Crippen LogP contribution in [-0.2, 0) is 23.2 Å². The molecule has 4 nitrogen and oxygen atoms in total. The van der Waals surface area contributed by atoms with Gasteiger partial charge in [-0.2, -0.15) is 0 Å². The van der Waals surface area contributed by atoms with Crippen molar-refractivity contribution in [1.29, 1.82) is 0 Å². The number of rotatable bonds is 5. The maximum atomic E-state index is 13.5. The molecule has 2 aromatic carbocycles. The number of hydrogen-bond acceptors (Lipinski definition) is 3. The van der Waals surface area contributed by atoms with Gasteiger partial charge in [-0.3, -0.25) is 9.69 Å². The van der Waals surface area contributed by atoms with Crippen molar-refractivity contribution in [3.63, 3.8) is 0 Å². The molecule has 1 saturated heterocycles. The van der Waals surface area contributed by atoms with Crippen molar-refractivity contribution in [3.8, 4) is 5.75 Å². The molecule has 0 unspecified atom stereocenters. The Balaban J connectivity index is 1.45. The van der Waals surface area contributed by atoms with Crippen LogP contribution in [0, 0.1) is 11.7 Å². The number of nitrogens with zero attached hydrogens (tertiary/aromatic N) is 1. The number of halogens is 1. The Kier molecular flexibility index (Phi) is 5.25. The number of hydrogen-bond donors (Lipinski definition) is 1. The lowest BCUT2D eigenvalue weighted by Crippen LogP contribution is -2.64. The van der Waals surface area contributed by atoms with Gasteiger partial charge in [0.25, 0.3) is 0 Å². The minimum atomic E-state index is -0.238. The van der Waals surface area contributed by atoms with E-state index in [1.165, 1.54) is 48.9 Å². The fourth-order valence-electron chi connectivity index (χ4n) is 6.54. The highest BCUT2D eigenvalue weighted by molar-refractivity contribution is 5.79. The van der Waals surface area contributed by atoms with Crippen molar-refractivity contribution in [3.05, 3.63) is 65.0 Å². The van der Waals surface area contributed by atoms with Gasteiger partial charge in [0, 0.05) is 18.0 Å². The van der Waals surface area contributed by atoms with Crippen LogP contribution in [0.15, 0.2) is 42.5 Å². The maximum absolute atomic E-state index is 13.5. The van der Waals surface area contributed by atoms with Crippen LogP contribution in [0.1, 0.15) is 55.7 Å². The largest absolute Gasteiger partial charge is 0.489 e. The number of piperidine rings is 1. The summed E-state index contributed by atoms with van der Waals surface area (Å²) in [6, 6.07) is 13.2. The topological polar surface area (TPSA) is 55.6 Å². The van der Waals surface area contributed by atoms with E-state index in [0.717, 1.165) is 30.7 Å². The highest BCUT2D eigenvalue weighted by Crippen LogP contribution is 2.56. The van der Waals surface area contributed by atoms with Gasteiger partial charge in [-0.15, -0.1) is 0 Å². The summed E-state index contributed by atoms with van der Waals surface area (Å²) in [7, 11) is 0. The van der Waals surface area contributed by atoms with Crippen LogP contribution in [0.2, 0.25) is 0 Å². The number of carbonyl (C=O) groups excluding carboxylic acids is 1. The van der Waals surface area contributed by atoms with Gasteiger partial charge in [0.2, 0.25) is 5.91 Å². The van der Waals surface area contributed by atoms with Gasteiger partial charge in [0.15, 0.2) is 0 Å². The van der Waals surface area contributed by atoms with E-state index in [1.54, 1.807) is 6.07 Å². The van der Waals surface area contributed by atoms with Gasteiger partial charge >= 0.3 is 0 Å². The Morgan fingerprint density at radius 1 is 1.26 bits per heavy atom. The first kappa shape index (κ1) is 20.5. The van der Waals surface area contributed by atoms with Crippen LogP contribution in [0.3, 0.4) is 0 Å². The summed E-state index contributed by atoms with van der Waals surface area (Å²) in [5.41, 5.74) is 9.51. The molecule has 1 heterocycles. The average molecular weight is 423 g/mol. The zero-order valence-corrected chi connectivity index (χ0v) is 18.1. The molecule has 4 atom stereocenters. The van der Waals surface area contributed by atoms with Crippen LogP contribution in [0.4, 0.5) is 4.39 Å². The van der Waals surface area contributed by atoms with Crippen LogP contribution in [0.25, 0.3) is 0 Å². The quantitative estimate of drug-likeness (QED) is 0.780. The normalized spacial score (nSPS) is 28.3. The lowest BCUT2D eigenvalue weighted by atomic mass is 9.52. The van der Waals surface area contributed by atoms with Gasteiger partial charge in [0.1, 0.15) is 18.2 Å². The van der Waals surface area contributed by atoms with E-state index < -0.39 is 0 Å². The molecule has 1 amide bonds. The summed E-state index contributed by atoms with van der Waals surface area (Å²) in [5.74, 6) is 0.949. The summed E-state index contributed by atoms with van der Waals surface area (Å²) in [4.78, 5) is 14.3. The van der Waals surface area contributed by atoms with E-state index in [4.69, 9.17) is 10.5 Å². The highest BCUT2D eigenvalue weighted by atomic mass is 19.1. The summed E-state index contributed by atoms with van der Waals surface area (Å²) >= 11 is 0. The average Bonchev–Trinajstić information content (AvgIpc) is 2.77. The Morgan fingerprint density at radius 2 is 2.13 bits per heavy atom. The number of carbonyl (C=O) groups is 1.